The normalized spacial score (nSPS) is 45.6. The Bertz CT molecular complexity index is 1000. The Morgan fingerprint density at radius 3 is 2.24 bits per heavy atom. The van der Waals surface area contributed by atoms with Crippen LogP contribution in [0.2, 0.25) is 0 Å². The molecule has 0 spiro atoms. The summed E-state index contributed by atoms with van der Waals surface area (Å²) in [5, 5.41) is 26.6. The number of nitrogens with two attached hydrogens (primary N) is 1. The van der Waals surface area contributed by atoms with Crippen molar-refractivity contribution in [3.05, 3.63) is 12.2 Å². The zero-order chi connectivity index (χ0) is 27.8. The number of fused-ring (bicyclic) bond motifs is 5. The van der Waals surface area contributed by atoms with E-state index in [1.165, 1.54) is 0 Å². The average Bonchev–Trinajstić information content (AvgIpc) is 3.10. The zero-order valence-electron chi connectivity index (χ0n) is 24.3. The average molecular weight is 540 g/mol. The van der Waals surface area contributed by atoms with Gasteiger partial charge in [-0.05, 0) is 123 Å². The number of hydrogen-bond donors (Lipinski definition) is 3. The van der Waals surface area contributed by atoms with Crippen LogP contribution in [0.4, 0.5) is 0 Å². The van der Waals surface area contributed by atoms with Gasteiger partial charge in [-0.15, -0.1) is 0 Å². The summed E-state index contributed by atoms with van der Waals surface area (Å²) in [5.74, 6) is 0.905. The van der Waals surface area contributed by atoms with E-state index in [2.05, 4.69) is 41.2 Å². The summed E-state index contributed by atoms with van der Waals surface area (Å²) in [7, 11) is -4.12. The van der Waals surface area contributed by atoms with Gasteiger partial charge >= 0.3 is 10.3 Å². The maximum atomic E-state index is 12.4. The van der Waals surface area contributed by atoms with Gasteiger partial charge in [0.1, 0.15) is 0 Å². The second kappa shape index (κ2) is 9.29. The molecule has 0 saturated heterocycles. The molecule has 0 aromatic carbocycles. The Morgan fingerprint density at radius 1 is 1.03 bits per heavy atom. The minimum Gasteiger partial charge on any atom is -0.393 e. The lowest BCUT2D eigenvalue weighted by Crippen LogP contribution is -2.66. The summed E-state index contributed by atoms with van der Waals surface area (Å²) >= 11 is 0. The maximum Gasteiger partial charge on any atom is 0.333 e. The summed E-state index contributed by atoms with van der Waals surface area (Å²) in [4.78, 5) is 0. The minimum atomic E-state index is -4.12. The van der Waals surface area contributed by atoms with Gasteiger partial charge in [0.05, 0.1) is 17.8 Å². The first-order chi connectivity index (χ1) is 16.8. The Kier molecular flexibility index (Phi) is 7.41. The molecule has 4 rings (SSSR count). The minimum absolute atomic E-state index is 0.00544. The lowest BCUT2D eigenvalue weighted by Gasteiger charge is -2.70. The number of aliphatic hydroxyl groups excluding tert-OH is 1. The molecule has 0 heterocycles. The topological polar surface area (TPSA) is 110 Å². The molecule has 214 valence electrons. The molecule has 7 heteroatoms. The van der Waals surface area contributed by atoms with Gasteiger partial charge < -0.3 is 10.2 Å². The largest absolute Gasteiger partial charge is 0.393 e. The van der Waals surface area contributed by atoms with E-state index in [4.69, 9.17) is 9.32 Å². The van der Waals surface area contributed by atoms with Crippen molar-refractivity contribution in [2.24, 2.45) is 50.5 Å². The molecule has 4 fully saturated rings. The van der Waals surface area contributed by atoms with Crippen molar-refractivity contribution >= 4 is 10.3 Å². The number of rotatable bonds is 7. The predicted molar refractivity (Wildman–Crippen MR) is 148 cm³/mol. The Balaban J connectivity index is 1.71. The van der Waals surface area contributed by atoms with Gasteiger partial charge in [0.15, 0.2) is 0 Å². The van der Waals surface area contributed by atoms with Crippen molar-refractivity contribution in [3.63, 3.8) is 0 Å². The molecule has 37 heavy (non-hydrogen) atoms. The molecule has 9 atom stereocenters. The molecule has 6 nitrogen and oxygen atoms in total. The van der Waals surface area contributed by atoms with E-state index in [1.807, 2.05) is 13.8 Å². The highest BCUT2D eigenvalue weighted by atomic mass is 32.2. The van der Waals surface area contributed by atoms with E-state index in [9.17, 15) is 18.6 Å². The van der Waals surface area contributed by atoms with Gasteiger partial charge in [0.25, 0.3) is 0 Å². The molecule has 4 N–H and O–H groups in total. The molecule has 4 aliphatic rings. The van der Waals surface area contributed by atoms with Crippen molar-refractivity contribution in [2.45, 2.75) is 130 Å². The first kappa shape index (κ1) is 29.5. The summed E-state index contributed by atoms with van der Waals surface area (Å²) in [6.07, 6.45) is 8.23. The van der Waals surface area contributed by atoms with Gasteiger partial charge in [-0.25, -0.2) is 5.14 Å². The molecular weight excluding hydrogens is 486 g/mol. The highest BCUT2D eigenvalue weighted by molar-refractivity contribution is 7.84. The monoisotopic (exact) mass is 539 g/mol. The number of aliphatic hydroxyl groups is 2. The van der Waals surface area contributed by atoms with Crippen molar-refractivity contribution in [3.8, 4) is 0 Å². The second-order valence-corrected chi connectivity index (χ2v) is 16.4. The quantitative estimate of drug-likeness (QED) is 0.358. The lowest BCUT2D eigenvalue weighted by molar-refractivity contribution is -0.237. The summed E-state index contributed by atoms with van der Waals surface area (Å²) in [5.41, 5.74) is 0.237. The Hall–Kier alpha value is -0.470. The zero-order valence-corrected chi connectivity index (χ0v) is 25.2. The first-order valence-corrected chi connectivity index (χ1v) is 16.0. The SMILES string of the molecule is C=C(CCCC(C)(C)O)[C@H]1CC[C@]2(C)[C@@H]1[C@H](OS(N)(=O)=O)C[C@@H]1[C@@]3(C)CC[C@H](O)C(C)(C)[C@@H]3CC[C@]12C. The standard InChI is InChI=1S/C30H53NO5S/c1-19(10-9-14-26(2,3)33)20-11-16-30(8)25(20)21(36-37(31,34)35)18-23-28(6)15-13-24(32)27(4,5)22(28)12-17-29(23,30)7/h20-25,32-33H,1,9-18H2,2-8H3,(H2,31,34,35)/t20-,21-,22+,23-,24+,25+,28+,29-,30-/m1/s1. The fraction of sp³-hybridized carbons (Fsp3) is 0.933. The van der Waals surface area contributed by atoms with Gasteiger partial charge in [-0.3, -0.25) is 4.18 Å². The second-order valence-electron chi connectivity index (χ2n) is 15.2. The molecular formula is C30H53NO5S. The van der Waals surface area contributed by atoms with E-state index in [0.29, 0.717) is 24.7 Å². The number of hydrogen-bond acceptors (Lipinski definition) is 5. The van der Waals surface area contributed by atoms with Crippen LogP contribution in [-0.2, 0) is 14.5 Å². The third-order valence-electron chi connectivity index (χ3n) is 12.4. The van der Waals surface area contributed by atoms with Crippen molar-refractivity contribution in [2.75, 3.05) is 0 Å². The third-order valence-corrected chi connectivity index (χ3v) is 12.9. The van der Waals surface area contributed by atoms with Crippen LogP contribution in [0.25, 0.3) is 0 Å². The highest BCUT2D eigenvalue weighted by Crippen LogP contribution is 2.75. The van der Waals surface area contributed by atoms with Gasteiger partial charge in [0, 0.05) is 0 Å². The Labute approximate surface area is 226 Å². The molecule has 4 saturated carbocycles. The molecule has 0 unspecified atom stereocenters. The summed E-state index contributed by atoms with van der Waals surface area (Å²) in [6, 6.07) is 0. The maximum absolute atomic E-state index is 12.4. The van der Waals surface area contributed by atoms with Crippen LogP contribution in [0.3, 0.4) is 0 Å². The van der Waals surface area contributed by atoms with E-state index in [1.54, 1.807) is 0 Å². The summed E-state index contributed by atoms with van der Waals surface area (Å²) < 4.78 is 30.6. The van der Waals surface area contributed by atoms with E-state index in [-0.39, 0.29) is 39.6 Å². The fourth-order valence-corrected chi connectivity index (χ4v) is 10.9. The highest BCUT2D eigenvalue weighted by Gasteiger charge is 2.71. The van der Waals surface area contributed by atoms with E-state index < -0.39 is 22.0 Å². The summed E-state index contributed by atoms with van der Waals surface area (Å²) in [6.45, 7) is 19.9. The fourth-order valence-electron chi connectivity index (χ4n) is 10.4. The molecule has 0 aromatic heterocycles. The van der Waals surface area contributed by atoms with Crippen molar-refractivity contribution in [1.82, 2.24) is 0 Å². The van der Waals surface area contributed by atoms with Gasteiger partial charge in [-0.1, -0.05) is 46.8 Å². The van der Waals surface area contributed by atoms with Crippen LogP contribution in [-0.4, -0.2) is 36.4 Å². The van der Waals surface area contributed by atoms with Crippen LogP contribution < -0.4 is 5.14 Å². The van der Waals surface area contributed by atoms with Crippen LogP contribution >= 0.6 is 0 Å². The predicted octanol–water partition coefficient (Wildman–Crippen LogP) is 5.73. The molecule has 0 aliphatic heterocycles. The van der Waals surface area contributed by atoms with Crippen LogP contribution in [0.5, 0.6) is 0 Å². The molecule has 0 radical (unpaired) electrons. The van der Waals surface area contributed by atoms with Gasteiger partial charge in [0.2, 0.25) is 0 Å². The molecule has 0 aromatic rings. The lowest BCUT2D eigenvalue weighted by atomic mass is 9.35. The van der Waals surface area contributed by atoms with Crippen LogP contribution in [0.1, 0.15) is 113 Å². The first-order valence-electron chi connectivity index (χ1n) is 14.6. The van der Waals surface area contributed by atoms with Crippen molar-refractivity contribution in [1.29, 1.82) is 0 Å². The smallest absolute Gasteiger partial charge is 0.333 e. The van der Waals surface area contributed by atoms with E-state index >= 15 is 0 Å². The van der Waals surface area contributed by atoms with Crippen molar-refractivity contribution < 1.29 is 22.8 Å². The van der Waals surface area contributed by atoms with Crippen LogP contribution in [0.15, 0.2) is 12.2 Å². The molecule has 0 bridgehead atoms. The van der Waals surface area contributed by atoms with Crippen LogP contribution in [0, 0.1) is 45.3 Å². The van der Waals surface area contributed by atoms with Gasteiger partial charge in [-0.2, -0.15) is 8.42 Å². The third kappa shape index (κ3) is 4.87. The Morgan fingerprint density at radius 2 is 1.65 bits per heavy atom. The molecule has 0 amide bonds. The van der Waals surface area contributed by atoms with E-state index in [0.717, 1.165) is 56.9 Å². The number of allylic oxidation sites excluding steroid dienone is 1. The molecule has 4 aliphatic carbocycles.